The molecule has 6 heteroatoms. The van der Waals surface area contributed by atoms with Gasteiger partial charge in [-0.25, -0.2) is 9.82 Å². The van der Waals surface area contributed by atoms with Gasteiger partial charge in [0.1, 0.15) is 5.82 Å². The molecule has 0 fully saturated rings. The van der Waals surface area contributed by atoms with E-state index >= 15 is 0 Å². The van der Waals surface area contributed by atoms with Crippen LogP contribution in [0.2, 0.25) is 0 Å². The van der Waals surface area contributed by atoms with E-state index in [1.54, 1.807) is 0 Å². The van der Waals surface area contributed by atoms with Crippen LogP contribution in [0.15, 0.2) is 29.4 Å². The Morgan fingerprint density at radius 3 is 2.47 bits per heavy atom. The minimum absolute atomic E-state index is 0.367. The Morgan fingerprint density at radius 1 is 1.33 bits per heavy atom. The maximum absolute atomic E-state index is 12.5. The van der Waals surface area contributed by atoms with E-state index in [1.807, 2.05) is 5.43 Å². The Balaban J connectivity index is 2.55. The molecule has 0 aliphatic rings. The molecular formula is C9H8FN3O2. The SMILES string of the molecule is NC(=O)C(=O)NN=Cc1ccc(F)cc1. The lowest BCUT2D eigenvalue weighted by Crippen LogP contribution is -2.32. The predicted molar refractivity (Wildman–Crippen MR) is 51.3 cm³/mol. The molecule has 1 aromatic carbocycles. The number of amides is 2. The molecule has 1 aromatic rings. The van der Waals surface area contributed by atoms with Gasteiger partial charge in [0.2, 0.25) is 0 Å². The van der Waals surface area contributed by atoms with Gasteiger partial charge in [-0.15, -0.1) is 0 Å². The average molecular weight is 209 g/mol. The first-order valence-corrected chi connectivity index (χ1v) is 3.98. The van der Waals surface area contributed by atoms with Crippen LogP contribution in [0.5, 0.6) is 0 Å². The van der Waals surface area contributed by atoms with E-state index in [4.69, 9.17) is 0 Å². The number of carbonyl (C=O) groups excluding carboxylic acids is 2. The van der Waals surface area contributed by atoms with Crippen LogP contribution >= 0.6 is 0 Å². The van der Waals surface area contributed by atoms with E-state index in [9.17, 15) is 14.0 Å². The molecule has 0 atom stereocenters. The van der Waals surface area contributed by atoms with Crippen molar-refractivity contribution in [1.82, 2.24) is 5.43 Å². The molecule has 0 spiro atoms. The van der Waals surface area contributed by atoms with Crippen LogP contribution in [0.3, 0.4) is 0 Å². The second-order valence-electron chi connectivity index (χ2n) is 2.61. The van der Waals surface area contributed by atoms with Crippen LogP contribution in [0.25, 0.3) is 0 Å². The number of hydrazone groups is 1. The molecule has 0 aromatic heterocycles. The van der Waals surface area contributed by atoms with Crippen molar-refractivity contribution in [3.63, 3.8) is 0 Å². The summed E-state index contributed by atoms with van der Waals surface area (Å²) in [4.78, 5) is 20.9. The maximum Gasteiger partial charge on any atom is 0.329 e. The minimum Gasteiger partial charge on any atom is -0.361 e. The lowest BCUT2D eigenvalue weighted by molar-refractivity contribution is -0.137. The minimum atomic E-state index is -1.12. The van der Waals surface area contributed by atoms with Gasteiger partial charge in [-0.2, -0.15) is 5.10 Å². The van der Waals surface area contributed by atoms with E-state index in [0.717, 1.165) is 0 Å². The standard InChI is InChI=1S/C9H8FN3O2/c10-7-3-1-6(2-4-7)5-12-13-9(15)8(11)14/h1-5H,(H2,11,14)(H,13,15). The van der Waals surface area contributed by atoms with Crippen LogP contribution in [0.4, 0.5) is 4.39 Å². The lowest BCUT2D eigenvalue weighted by Gasteiger charge is -1.94. The zero-order valence-electron chi connectivity index (χ0n) is 7.61. The monoisotopic (exact) mass is 209 g/mol. The van der Waals surface area contributed by atoms with Crippen molar-refractivity contribution in [3.05, 3.63) is 35.6 Å². The molecule has 0 aliphatic carbocycles. The summed E-state index contributed by atoms with van der Waals surface area (Å²) in [5.74, 6) is -2.49. The van der Waals surface area contributed by atoms with Crippen molar-refractivity contribution >= 4 is 18.0 Å². The van der Waals surface area contributed by atoms with Gasteiger partial charge >= 0.3 is 11.8 Å². The number of primary amides is 1. The van der Waals surface area contributed by atoms with E-state index < -0.39 is 11.8 Å². The van der Waals surface area contributed by atoms with Crippen LogP contribution in [-0.2, 0) is 9.59 Å². The Bertz CT molecular complexity index is 400. The summed E-state index contributed by atoms with van der Waals surface area (Å²) >= 11 is 0. The normalized spacial score (nSPS) is 10.2. The second kappa shape index (κ2) is 4.85. The van der Waals surface area contributed by atoms with Gasteiger partial charge in [0.25, 0.3) is 0 Å². The third-order valence-electron chi connectivity index (χ3n) is 1.47. The fourth-order valence-corrected chi connectivity index (χ4v) is 0.769. The second-order valence-corrected chi connectivity index (χ2v) is 2.61. The first-order chi connectivity index (χ1) is 7.09. The summed E-state index contributed by atoms with van der Waals surface area (Å²) in [6, 6.07) is 5.43. The molecule has 2 amide bonds. The largest absolute Gasteiger partial charge is 0.361 e. The number of hydrogen-bond acceptors (Lipinski definition) is 3. The third-order valence-corrected chi connectivity index (χ3v) is 1.47. The third kappa shape index (κ3) is 3.55. The van der Waals surface area contributed by atoms with Crippen molar-refractivity contribution in [2.45, 2.75) is 0 Å². The molecule has 0 bridgehead atoms. The summed E-state index contributed by atoms with van der Waals surface area (Å²) in [6.45, 7) is 0. The van der Waals surface area contributed by atoms with Crippen LogP contribution < -0.4 is 11.2 Å². The predicted octanol–water partition coefficient (Wildman–Crippen LogP) is -0.239. The number of hydrogen-bond donors (Lipinski definition) is 2. The number of benzene rings is 1. The number of rotatable bonds is 2. The number of carbonyl (C=O) groups is 2. The molecule has 0 radical (unpaired) electrons. The molecule has 1 rings (SSSR count). The highest BCUT2D eigenvalue weighted by atomic mass is 19.1. The van der Waals surface area contributed by atoms with Crippen molar-refractivity contribution in [2.24, 2.45) is 10.8 Å². The molecule has 0 aliphatic heterocycles. The maximum atomic E-state index is 12.5. The molecule has 0 heterocycles. The van der Waals surface area contributed by atoms with Gasteiger partial charge in [-0.3, -0.25) is 9.59 Å². The van der Waals surface area contributed by atoms with Gasteiger partial charge in [0.15, 0.2) is 0 Å². The number of nitrogens with one attached hydrogen (secondary N) is 1. The smallest absolute Gasteiger partial charge is 0.329 e. The van der Waals surface area contributed by atoms with Crippen molar-refractivity contribution in [1.29, 1.82) is 0 Å². The summed E-state index contributed by atoms with van der Waals surface area (Å²) < 4.78 is 12.5. The summed E-state index contributed by atoms with van der Waals surface area (Å²) in [7, 11) is 0. The van der Waals surface area contributed by atoms with E-state index in [1.165, 1.54) is 30.5 Å². The Hall–Kier alpha value is -2.24. The molecular weight excluding hydrogens is 201 g/mol. The van der Waals surface area contributed by atoms with Gasteiger partial charge in [0, 0.05) is 0 Å². The topological polar surface area (TPSA) is 84.5 Å². The van der Waals surface area contributed by atoms with E-state index in [2.05, 4.69) is 10.8 Å². The van der Waals surface area contributed by atoms with Gasteiger partial charge in [-0.05, 0) is 17.7 Å². The first-order valence-electron chi connectivity index (χ1n) is 3.98. The fraction of sp³-hybridized carbons (Fsp3) is 0. The fourth-order valence-electron chi connectivity index (χ4n) is 0.769. The Morgan fingerprint density at radius 2 is 1.93 bits per heavy atom. The van der Waals surface area contributed by atoms with Crippen molar-refractivity contribution in [2.75, 3.05) is 0 Å². The summed E-state index contributed by atoms with van der Waals surface area (Å²) in [6.07, 6.45) is 1.26. The lowest BCUT2D eigenvalue weighted by atomic mass is 10.2. The average Bonchev–Trinajstić information content (AvgIpc) is 2.20. The molecule has 0 saturated heterocycles. The zero-order chi connectivity index (χ0) is 11.3. The molecule has 15 heavy (non-hydrogen) atoms. The molecule has 78 valence electrons. The molecule has 0 saturated carbocycles. The number of nitrogens with two attached hydrogens (primary N) is 1. The van der Waals surface area contributed by atoms with Crippen LogP contribution in [-0.4, -0.2) is 18.0 Å². The molecule has 0 unspecified atom stereocenters. The Kier molecular flexibility index (Phi) is 3.50. The highest BCUT2D eigenvalue weighted by Gasteiger charge is 2.04. The highest BCUT2D eigenvalue weighted by molar-refractivity contribution is 6.34. The van der Waals surface area contributed by atoms with Crippen molar-refractivity contribution in [3.8, 4) is 0 Å². The van der Waals surface area contributed by atoms with Gasteiger partial charge in [0.05, 0.1) is 6.21 Å². The van der Waals surface area contributed by atoms with E-state index in [0.29, 0.717) is 5.56 Å². The summed E-state index contributed by atoms with van der Waals surface area (Å²) in [5.41, 5.74) is 7.15. The number of nitrogens with zero attached hydrogens (tertiary/aromatic N) is 1. The van der Waals surface area contributed by atoms with Crippen LogP contribution in [0, 0.1) is 5.82 Å². The summed E-state index contributed by atoms with van der Waals surface area (Å²) in [5, 5.41) is 3.44. The molecule has 5 nitrogen and oxygen atoms in total. The Labute approximate surface area is 84.8 Å². The molecule has 3 N–H and O–H groups in total. The van der Waals surface area contributed by atoms with E-state index in [-0.39, 0.29) is 5.82 Å². The highest BCUT2D eigenvalue weighted by Crippen LogP contribution is 1.99. The first kappa shape index (κ1) is 10.8. The van der Waals surface area contributed by atoms with Gasteiger partial charge < -0.3 is 5.73 Å². The van der Waals surface area contributed by atoms with Crippen molar-refractivity contribution < 1.29 is 14.0 Å². The zero-order valence-corrected chi connectivity index (χ0v) is 7.61. The van der Waals surface area contributed by atoms with Gasteiger partial charge in [-0.1, -0.05) is 12.1 Å². The van der Waals surface area contributed by atoms with Crippen LogP contribution in [0.1, 0.15) is 5.56 Å². The number of halogens is 1. The quantitative estimate of drug-likeness (QED) is 0.400.